The summed E-state index contributed by atoms with van der Waals surface area (Å²) in [6.45, 7) is 4.22. The van der Waals surface area contributed by atoms with Gasteiger partial charge in [-0.25, -0.2) is 0 Å². The summed E-state index contributed by atoms with van der Waals surface area (Å²) in [6.07, 6.45) is 2.45. The summed E-state index contributed by atoms with van der Waals surface area (Å²) in [5.41, 5.74) is 5.43. The SMILES string of the molecule is NCCN1CCC(S)CC1. The fraction of sp³-hybridized carbons (Fsp3) is 1.00. The molecule has 1 heterocycles. The monoisotopic (exact) mass is 160 g/mol. The molecule has 2 nitrogen and oxygen atoms in total. The van der Waals surface area contributed by atoms with E-state index in [0.717, 1.165) is 13.1 Å². The second kappa shape index (κ2) is 4.21. The largest absolute Gasteiger partial charge is 0.329 e. The molecule has 0 unspecified atom stereocenters. The molecule has 0 aliphatic carbocycles. The van der Waals surface area contributed by atoms with Crippen molar-refractivity contribution in [1.82, 2.24) is 4.90 Å². The molecule has 1 saturated heterocycles. The molecular weight excluding hydrogens is 144 g/mol. The number of likely N-dealkylation sites (tertiary alicyclic amines) is 1. The quantitative estimate of drug-likeness (QED) is 0.570. The second-order valence-electron chi connectivity index (χ2n) is 2.86. The van der Waals surface area contributed by atoms with Crippen LogP contribution in [0, 0.1) is 0 Å². The number of nitrogens with two attached hydrogens (primary N) is 1. The van der Waals surface area contributed by atoms with E-state index in [1.54, 1.807) is 0 Å². The Morgan fingerprint density at radius 1 is 1.40 bits per heavy atom. The molecule has 0 aromatic rings. The maximum atomic E-state index is 5.43. The summed E-state index contributed by atoms with van der Waals surface area (Å²) < 4.78 is 0. The summed E-state index contributed by atoms with van der Waals surface area (Å²) in [5.74, 6) is 0. The first-order valence-corrected chi connectivity index (χ1v) is 4.45. The molecule has 1 rings (SSSR count). The second-order valence-corrected chi connectivity index (χ2v) is 3.59. The van der Waals surface area contributed by atoms with Gasteiger partial charge in [0.1, 0.15) is 0 Å². The van der Waals surface area contributed by atoms with E-state index >= 15 is 0 Å². The van der Waals surface area contributed by atoms with Crippen molar-refractivity contribution in [1.29, 1.82) is 0 Å². The predicted molar refractivity (Wildman–Crippen MR) is 47.5 cm³/mol. The van der Waals surface area contributed by atoms with Gasteiger partial charge in [0.05, 0.1) is 0 Å². The highest BCUT2D eigenvalue weighted by atomic mass is 32.1. The lowest BCUT2D eigenvalue weighted by Crippen LogP contribution is -2.37. The van der Waals surface area contributed by atoms with Crippen LogP contribution in [0.3, 0.4) is 0 Å². The van der Waals surface area contributed by atoms with Crippen LogP contribution in [0.4, 0.5) is 0 Å². The molecular formula is C7H16N2S. The summed E-state index contributed by atoms with van der Waals surface area (Å²) in [4.78, 5) is 2.41. The molecule has 0 atom stereocenters. The van der Waals surface area contributed by atoms with Crippen molar-refractivity contribution in [3.05, 3.63) is 0 Å². The maximum Gasteiger partial charge on any atom is 0.0105 e. The zero-order valence-electron chi connectivity index (χ0n) is 6.29. The van der Waals surface area contributed by atoms with E-state index in [4.69, 9.17) is 5.73 Å². The molecule has 2 N–H and O–H groups in total. The van der Waals surface area contributed by atoms with Crippen LogP contribution >= 0.6 is 12.6 Å². The number of thiol groups is 1. The highest BCUT2D eigenvalue weighted by Gasteiger charge is 2.14. The Balaban J connectivity index is 2.13. The van der Waals surface area contributed by atoms with Crippen molar-refractivity contribution in [2.45, 2.75) is 18.1 Å². The fourth-order valence-electron chi connectivity index (χ4n) is 1.33. The van der Waals surface area contributed by atoms with Crippen molar-refractivity contribution >= 4 is 12.6 Å². The van der Waals surface area contributed by atoms with E-state index in [0.29, 0.717) is 5.25 Å². The van der Waals surface area contributed by atoms with Crippen LogP contribution in [0.5, 0.6) is 0 Å². The standard InChI is InChI=1S/C7H16N2S/c8-3-6-9-4-1-7(10)2-5-9/h7,10H,1-6,8H2. The van der Waals surface area contributed by atoms with Crippen LogP contribution in [0.15, 0.2) is 0 Å². The molecule has 1 aliphatic rings. The Bertz CT molecular complexity index is 89.6. The Morgan fingerprint density at radius 3 is 2.50 bits per heavy atom. The van der Waals surface area contributed by atoms with Crippen molar-refractivity contribution in [2.24, 2.45) is 5.73 Å². The third-order valence-corrected chi connectivity index (χ3v) is 2.52. The zero-order valence-corrected chi connectivity index (χ0v) is 7.19. The molecule has 1 fully saturated rings. The Morgan fingerprint density at radius 2 is 2.00 bits per heavy atom. The lowest BCUT2D eigenvalue weighted by Gasteiger charge is -2.28. The molecule has 60 valence electrons. The summed E-state index contributed by atoms with van der Waals surface area (Å²) >= 11 is 4.41. The molecule has 0 saturated carbocycles. The van der Waals surface area contributed by atoms with E-state index in [1.807, 2.05) is 0 Å². The third kappa shape index (κ3) is 2.48. The Hall–Kier alpha value is 0.270. The van der Waals surface area contributed by atoms with Gasteiger partial charge in [-0.15, -0.1) is 0 Å². The number of rotatable bonds is 2. The van der Waals surface area contributed by atoms with Gasteiger partial charge in [-0.3, -0.25) is 0 Å². The predicted octanol–water partition coefficient (Wildman–Crippen LogP) is 0.339. The highest BCUT2D eigenvalue weighted by Crippen LogP contribution is 2.13. The minimum Gasteiger partial charge on any atom is -0.329 e. The Kier molecular flexibility index (Phi) is 3.52. The van der Waals surface area contributed by atoms with Crippen LogP contribution < -0.4 is 5.73 Å². The first-order chi connectivity index (χ1) is 4.83. The zero-order chi connectivity index (χ0) is 7.40. The van der Waals surface area contributed by atoms with Crippen LogP contribution in [0.25, 0.3) is 0 Å². The molecule has 0 radical (unpaired) electrons. The summed E-state index contributed by atoms with van der Waals surface area (Å²) in [6, 6.07) is 0. The van der Waals surface area contributed by atoms with E-state index < -0.39 is 0 Å². The van der Waals surface area contributed by atoms with E-state index in [2.05, 4.69) is 17.5 Å². The maximum absolute atomic E-state index is 5.43. The normalized spacial score (nSPS) is 23.4. The first kappa shape index (κ1) is 8.37. The minimum absolute atomic E-state index is 0.633. The molecule has 0 bridgehead atoms. The number of nitrogens with zero attached hydrogens (tertiary/aromatic N) is 1. The molecule has 0 spiro atoms. The van der Waals surface area contributed by atoms with Crippen molar-refractivity contribution in [2.75, 3.05) is 26.2 Å². The van der Waals surface area contributed by atoms with Gasteiger partial charge < -0.3 is 10.6 Å². The summed E-state index contributed by atoms with van der Waals surface area (Å²) in [7, 11) is 0. The van der Waals surface area contributed by atoms with Crippen LogP contribution in [-0.4, -0.2) is 36.3 Å². The Labute approximate surface area is 68.2 Å². The molecule has 1 aliphatic heterocycles. The van der Waals surface area contributed by atoms with E-state index in [1.165, 1.54) is 25.9 Å². The number of piperidine rings is 1. The molecule has 0 aromatic heterocycles. The topological polar surface area (TPSA) is 29.3 Å². The van der Waals surface area contributed by atoms with E-state index in [9.17, 15) is 0 Å². The molecule has 0 aromatic carbocycles. The minimum atomic E-state index is 0.633. The van der Waals surface area contributed by atoms with E-state index in [-0.39, 0.29) is 0 Å². The lowest BCUT2D eigenvalue weighted by molar-refractivity contribution is 0.239. The van der Waals surface area contributed by atoms with Crippen LogP contribution in [-0.2, 0) is 0 Å². The van der Waals surface area contributed by atoms with Crippen molar-refractivity contribution in [3.63, 3.8) is 0 Å². The first-order valence-electron chi connectivity index (χ1n) is 3.93. The van der Waals surface area contributed by atoms with Crippen LogP contribution in [0.2, 0.25) is 0 Å². The van der Waals surface area contributed by atoms with Gasteiger partial charge in [0.2, 0.25) is 0 Å². The molecule has 3 heteroatoms. The number of hydrogen-bond donors (Lipinski definition) is 2. The van der Waals surface area contributed by atoms with Gasteiger partial charge >= 0.3 is 0 Å². The van der Waals surface area contributed by atoms with Gasteiger partial charge in [0.25, 0.3) is 0 Å². The average molecular weight is 160 g/mol. The van der Waals surface area contributed by atoms with Crippen molar-refractivity contribution < 1.29 is 0 Å². The average Bonchev–Trinajstić information content (AvgIpc) is 1.95. The van der Waals surface area contributed by atoms with Gasteiger partial charge in [-0.1, -0.05) is 0 Å². The fourth-order valence-corrected chi connectivity index (χ4v) is 1.56. The van der Waals surface area contributed by atoms with Crippen molar-refractivity contribution in [3.8, 4) is 0 Å². The third-order valence-electron chi connectivity index (χ3n) is 2.00. The smallest absolute Gasteiger partial charge is 0.0105 e. The van der Waals surface area contributed by atoms with Gasteiger partial charge in [-0.05, 0) is 25.9 Å². The van der Waals surface area contributed by atoms with Gasteiger partial charge in [0.15, 0.2) is 0 Å². The molecule has 0 amide bonds. The van der Waals surface area contributed by atoms with Crippen LogP contribution in [0.1, 0.15) is 12.8 Å². The highest BCUT2D eigenvalue weighted by molar-refractivity contribution is 7.80. The lowest BCUT2D eigenvalue weighted by atomic mass is 10.1. The van der Waals surface area contributed by atoms with Gasteiger partial charge in [0, 0.05) is 18.3 Å². The van der Waals surface area contributed by atoms with Gasteiger partial charge in [-0.2, -0.15) is 12.6 Å². The molecule has 10 heavy (non-hydrogen) atoms. The number of hydrogen-bond acceptors (Lipinski definition) is 3. The summed E-state index contributed by atoms with van der Waals surface area (Å²) in [5, 5.41) is 0.633.